The molecule has 0 spiro atoms. The third kappa shape index (κ3) is 3.34. The summed E-state index contributed by atoms with van der Waals surface area (Å²) in [5.74, 6) is -0.313. The number of para-hydroxylation sites is 1. The number of H-pyrrole nitrogens is 1. The highest BCUT2D eigenvalue weighted by Crippen LogP contribution is 2.23. The van der Waals surface area contributed by atoms with E-state index >= 15 is 0 Å². The van der Waals surface area contributed by atoms with Crippen molar-refractivity contribution in [3.63, 3.8) is 0 Å². The molecule has 1 fully saturated rings. The van der Waals surface area contributed by atoms with E-state index in [0.29, 0.717) is 35.0 Å². The molecule has 1 aromatic heterocycles. The number of anilines is 2. The highest BCUT2D eigenvalue weighted by molar-refractivity contribution is 7.71. The first-order valence-electron chi connectivity index (χ1n) is 8.35. The summed E-state index contributed by atoms with van der Waals surface area (Å²) >= 11 is 5.31. The van der Waals surface area contributed by atoms with Crippen molar-refractivity contribution in [2.24, 2.45) is 0 Å². The van der Waals surface area contributed by atoms with Gasteiger partial charge in [0.25, 0.3) is 5.91 Å². The average Bonchev–Trinajstić information content (AvgIpc) is 3.28. The van der Waals surface area contributed by atoms with Crippen molar-refractivity contribution in [1.29, 1.82) is 0 Å². The average molecular weight is 380 g/mol. The van der Waals surface area contributed by atoms with Gasteiger partial charge in [-0.2, -0.15) is 0 Å². The Hall–Kier alpha value is -3.39. The van der Waals surface area contributed by atoms with Crippen LogP contribution in [-0.2, 0) is 4.74 Å². The van der Waals surface area contributed by atoms with Crippen LogP contribution in [0.1, 0.15) is 10.5 Å². The third-order valence-electron chi connectivity index (χ3n) is 4.20. The highest BCUT2D eigenvalue weighted by Gasteiger charge is 2.24. The van der Waals surface area contributed by atoms with E-state index in [-0.39, 0.29) is 12.0 Å². The molecule has 1 aliphatic rings. The van der Waals surface area contributed by atoms with Gasteiger partial charge in [-0.3, -0.25) is 14.3 Å². The van der Waals surface area contributed by atoms with E-state index < -0.39 is 0 Å². The number of ether oxygens (including phenoxy) is 1. The second-order valence-corrected chi connectivity index (χ2v) is 6.31. The number of benzene rings is 2. The SMILES string of the molecule is O=C(Nc1cccc(N2CCOC2=O)c1)c1c[nH]c(=S)n1-c1ccccc1. The maximum Gasteiger partial charge on any atom is 0.414 e. The van der Waals surface area contributed by atoms with Crippen LogP contribution >= 0.6 is 12.2 Å². The van der Waals surface area contributed by atoms with Gasteiger partial charge in [-0.25, -0.2) is 4.79 Å². The number of amides is 2. The summed E-state index contributed by atoms with van der Waals surface area (Å²) in [5.41, 5.74) is 2.42. The lowest BCUT2D eigenvalue weighted by Gasteiger charge is -2.14. The molecule has 0 unspecified atom stereocenters. The van der Waals surface area contributed by atoms with E-state index in [2.05, 4.69) is 10.3 Å². The van der Waals surface area contributed by atoms with Crippen LogP contribution in [0.4, 0.5) is 16.2 Å². The van der Waals surface area contributed by atoms with Crippen LogP contribution in [0.5, 0.6) is 0 Å². The molecule has 0 saturated carbocycles. The largest absolute Gasteiger partial charge is 0.447 e. The van der Waals surface area contributed by atoms with Crippen LogP contribution in [0.2, 0.25) is 0 Å². The molecule has 4 rings (SSSR count). The zero-order chi connectivity index (χ0) is 18.8. The molecule has 3 aromatic rings. The van der Waals surface area contributed by atoms with Crippen molar-refractivity contribution >= 4 is 35.6 Å². The van der Waals surface area contributed by atoms with Gasteiger partial charge in [0.1, 0.15) is 12.3 Å². The van der Waals surface area contributed by atoms with E-state index in [1.54, 1.807) is 35.0 Å². The lowest BCUT2D eigenvalue weighted by molar-refractivity contribution is 0.102. The number of nitrogens with one attached hydrogen (secondary N) is 2. The first kappa shape index (κ1) is 17.0. The Morgan fingerprint density at radius 3 is 2.63 bits per heavy atom. The molecule has 0 bridgehead atoms. The van der Waals surface area contributed by atoms with Crippen molar-refractivity contribution in [3.05, 3.63) is 71.3 Å². The highest BCUT2D eigenvalue weighted by atomic mass is 32.1. The molecule has 2 heterocycles. The predicted octanol–water partition coefficient (Wildman–Crippen LogP) is 3.74. The molecule has 2 amide bonds. The zero-order valence-corrected chi connectivity index (χ0v) is 15.0. The molecule has 0 aliphatic carbocycles. The lowest BCUT2D eigenvalue weighted by Crippen LogP contribution is -2.23. The molecular weight excluding hydrogens is 364 g/mol. The number of carbonyl (C=O) groups is 2. The second-order valence-electron chi connectivity index (χ2n) is 5.92. The third-order valence-corrected chi connectivity index (χ3v) is 4.50. The van der Waals surface area contributed by atoms with Gasteiger partial charge in [-0.15, -0.1) is 0 Å². The molecular formula is C19H16N4O3S. The Labute approximate surface area is 160 Å². The predicted molar refractivity (Wildman–Crippen MR) is 104 cm³/mol. The normalized spacial score (nSPS) is 13.5. The van der Waals surface area contributed by atoms with Crippen LogP contribution in [0.15, 0.2) is 60.8 Å². The topological polar surface area (TPSA) is 79.4 Å². The standard InChI is InChI=1S/C19H16N4O3S/c24-17(16-12-20-18(27)23(16)14-6-2-1-3-7-14)21-13-5-4-8-15(11-13)22-9-10-26-19(22)25/h1-8,11-12H,9-10H2,(H,20,27)(H,21,24). The monoisotopic (exact) mass is 380 g/mol. The number of hydrogen-bond donors (Lipinski definition) is 2. The Morgan fingerprint density at radius 2 is 1.89 bits per heavy atom. The fourth-order valence-corrected chi connectivity index (χ4v) is 3.21. The number of nitrogens with zero attached hydrogens (tertiary/aromatic N) is 2. The first-order valence-corrected chi connectivity index (χ1v) is 8.76. The molecule has 0 radical (unpaired) electrons. The number of rotatable bonds is 4. The van der Waals surface area contributed by atoms with Gasteiger partial charge < -0.3 is 15.0 Å². The van der Waals surface area contributed by atoms with E-state index in [1.807, 2.05) is 30.3 Å². The maximum atomic E-state index is 12.8. The van der Waals surface area contributed by atoms with E-state index in [1.165, 1.54) is 4.90 Å². The first-order chi connectivity index (χ1) is 13.1. The minimum Gasteiger partial charge on any atom is -0.447 e. The lowest BCUT2D eigenvalue weighted by atomic mass is 10.2. The number of cyclic esters (lactones) is 1. The number of imidazole rings is 1. The van der Waals surface area contributed by atoms with E-state index in [4.69, 9.17) is 17.0 Å². The number of aromatic nitrogens is 2. The van der Waals surface area contributed by atoms with E-state index in [0.717, 1.165) is 5.69 Å². The molecule has 8 heteroatoms. The van der Waals surface area contributed by atoms with Crippen molar-refractivity contribution in [2.75, 3.05) is 23.4 Å². The number of carbonyl (C=O) groups excluding carboxylic acids is 2. The molecule has 1 aliphatic heterocycles. The summed E-state index contributed by atoms with van der Waals surface area (Å²) in [4.78, 5) is 29.0. The minimum atomic E-state index is -0.387. The summed E-state index contributed by atoms with van der Waals surface area (Å²) in [7, 11) is 0. The second kappa shape index (κ2) is 7.08. The molecule has 2 N–H and O–H groups in total. The van der Waals surface area contributed by atoms with Crippen LogP contribution in [0, 0.1) is 4.77 Å². The molecule has 2 aromatic carbocycles. The van der Waals surface area contributed by atoms with Crippen LogP contribution < -0.4 is 10.2 Å². The Kier molecular flexibility index (Phi) is 4.47. The van der Waals surface area contributed by atoms with Crippen LogP contribution in [-0.4, -0.2) is 34.7 Å². The zero-order valence-electron chi connectivity index (χ0n) is 14.2. The molecule has 7 nitrogen and oxygen atoms in total. The van der Waals surface area contributed by atoms with Gasteiger partial charge in [-0.1, -0.05) is 24.3 Å². The number of hydrogen-bond acceptors (Lipinski definition) is 4. The van der Waals surface area contributed by atoms with Gasteiger partial charge in [0.2, 0.25) is 0 Å². The van der Waals surface area contributed by atoms with Crippen molar-refractivity contribution in [3.8, 4) is 5.69 Å². The summed E-state index contributed by atoms with van der Waals surface area (Å²) in [5, 5.41) is 2.86. The van der Waals surface area contributed by atoms with Crippen LogP contribution in [0.3, 0.4) is 0 Å². The van der Waals surface area contributed by atoms with Crippen molar-refractivity contribution < 1.29 is 14.3 Å². The van der Waals surface area contributed by atoms with E-state index in [9.17, 15) is 9.59 Å². The van der Waals surface area contributed by atoms with Gasteiger partial charge in [-0.05, 0) is 42.5 Å². The fourth-order valence-electron chi connectivity index (χ4n) is 2.94. The van der Waals surface area contributed by atoms with Crippen molar-refractivity contribution in [1.82, 2.24) is 9.55 Å². The van der Waals surface area contributed by atoms with Gasteiger partial charge in [0.15, 0.2) is 4.77 Å². The molecule has 136 valence electrons. The van der Waals surface area contributed by atoms with Gasteiger partial charge in [0.05, 0.1) is 6.54 Å². The summed E-state index contributed by atoms with van der Waals surface area (Å²) in [6.45, 7) is 0.846. The van der Waals surface area contributed by atoms with Gasteiger partial charge >= 0.3 is 6.09 Å². The Bertz CT molecular complexity index is 1060. The molecule has 0 atom stereocenters. The minimum absolute atomic E-state index is 0.313. The summed E-state index contributed by atoms with van der Waals surface area (Å²) in [6.07, 6.45) is 1.19. The fraction of sp³-hybridized carbons (Fsp3) is 0.105. The quantitative estimate of drug-likeness (QED) is 0.676. The summed E-state index contributed by atoms with van der Waals surface area (Å²) < 4.78 is 7.06. The van der Waals surface area contributed by atoms with Gasteiger partial charge in [0, 0.05) is 23.3 Å². The maximum absolute atomic E-state index is 12.8. The van der Waals surface area contributed by atoms with Crippen LogP contribution in [0.25, 0.3) is 5.69 Å². The van der Waals surface area contributed by atoms with Crippen molar-refractivity contribution in [2.45, 2.75) is 0 Å². The Morgan fingerprint density at radius 1 is 1.11 bits per heavy atom. The number of aromatic amines is 1. The molecule has 1 saturated heterocycles. The summed E-state index contributed by atoms with van der Waals surface area (Å²) in [6, 6.07) is 16.5. The molecule has 27 heavy (non-hydrogen) atoms. The Balaban J connectivity index is 1.61. The smallest absolute Gasteiger partial charge is 0.414 e.